The standard InChI is InChI=1S/C12H19NO7/c1-5-9(13-6(2)14)10(19-7(3)15)11(12(17)18-5)20-8(4)16/h5,9-12,17H,1-4H3,(H,13,14)/t5-,9-,10+,11+,12+/m1/s1. The van der Waals surface area contributed by atoms with Gasteiger partial charge < -0.3 is 24.6 Å². The molecule has 1 fully saturated rings. The lowest BCUT2D eigenvalue weighted by atomic mass is 9.96. The number of esters is 2. The number of rotatable bonds is 3. The van der Waals surface area contributed by atoms with Crippen molar-refractivity contribution >= 4 is 17.8 Å². The highest BCUT2D eigenvalue weighted by Crippen LogP contribution is 2.25. The van der Waals surface area contributed by atoms with E-state index in [2.05, 4.69) is 5.32 Å². The highest BCUT2D eigenvalue weighted by atomic mass is 16.7. The molecule has 114 valence electrons. The molecule has 1 amide bonds. The van der Waals surface area contributed by atoms with E-state index in [9.17, 15) is 19.5 Å². The number of nitrogens with one attached hydrogen (secondary N) is 1. The summed E-state index contributed by atoms with van der Waals surface area (Å²) in [6.45, 7) is 5.24. The number of hydrogen-bond acceptors (Lipinski definition) is 7. The number of aliphatic hydroxyl groups excluding tert-OH is 1. The van der Waals surface area contributed by atoms with E-state index in [-0.39, 0.29) is 5.91 Å². The molecule has 0 saturated carbocycles. The van der Waals surface area contributed by atoms with E-state index in [1.807, 2.05) is 0 Å². The van der Waals surface area contributed by atoms with Gasteiger partial charge in [0.25, 0.3) is 0 Å². The zero-order chi connectivity index (χ0) is 15.4. The summed E-state index contributed by atoms with van der Waals surface area (Å²) in [5, 5.41) is 12.4. The van der Waals surface area contributed by atoms with Crippen LogP contribution in [0.5, 0.6) is 0 Å². The number of carbonyl (C=O) groups excluding carboxylic acids is 3. The molecule has 20 heavy (non-hydrogen) atoms. The minimum Gasteiger partial charge on any atom is -0.456 e. The van der Waals surface area contributed by atoms with Crippen LogP contribution in [0.3, 0.4) is 0 Å². The molecule has 0 aromatic carbocycles. The van der Waals surface area contributed by atoms with Crippen molar-refractivity contribution in [3.05, 3.63) is 0 Å². The Morgan fingerprint density at radius 3 is 2.00 bits per heavy atom. The summed E-state index contributed by atoms with van der Waals surface area (Å²) in [5.41, 5.74) is 0. The molecule has 0 aliphatic carbocycles. The fourth-order valence-corrected chi connectivity index (χ4v) is 2.10. The van der Waals surface area contributed by atoms with Gasteiger partial charge in [0, 0.05) is 20.8 Å². The zero-order valence-corrected chi connectivity index (χ0v) is 11.8. The number of carbonyl (C=O) groups is 3. The van der Waals surface area contributed by atoms with E-state index in [1.165, 1.54) is 13.8 Å². The SMILES string of the molecule is CC(=O)N[C@H]1[C@H](OC(C)=O)[C@H](OC(C)=O)[C@@H](O)O[C@@H]1C. The van der Waals surface area contributed by atoms with Gasteiger partial charge in [0.05, 0.1) is 12.1 Å². The van der Waals surface area contributed by atoms with E-state index < -0.39 is 42.6 Å². The highest BCUT2D eigenvalue weighted by Gasteiger charge is 2.48. The monoisotopic (exact) mass is 289 g/mol. The average Bonchev–Trinajstić information content (AvgIpc) is 2.27. The molecule has 8 nitrogen and oxygen atoms in total. The fourth-order valence-electron chi connectivity index (χ4n) is 2.10. The molecule has 1 heterocycles. The van der Waals surface area contributed by atoms with Gasteiger partial charge in [-0.3, -0.25) is 14.4 Å². The second kappa shape index (κ2) is 6.67. The van der Waals surface area contributed by atoms with Gasteiger partial charge in [0.1, 0.15) is 0 Å². The van der Waals surface area contributed by atoms with Crippen molar-refractivity contribution in [3.63, 3.8) is 0 Å². The van der Waals surface area contributed by atoms with Crippen LogP contribution in [0.4, 0.5) is 0 Å². The van der Waals surface area contributed by atoms with Gasteiger partial charge in [-0.15, -0.1) is 0 Å². The van der Waals surface area contributed by atoms with E-state index in [4.69, 9.17) is 14.2 Å². The van der Waals surface area contributed by atoms with Crippen LogP contribution < -0.4 is 5.32 Å². The first-order valence-electron chi connectivity index (χ1n) is 6.17. The van der Waals surface area contributed by atoms with Crippen LogP contribution in [0.2, 0.25) is 0 Å². The normalized spacial score (nSPS) is 33.1. The average molecular weight is 289 g/mol. The molecule has 1 aliphatic rings. The van der Waals surface area contributed by atoms with Crippen LogP contribution in [0, 0.1) is 0 Å². The lowest BCUT2D eigenvalue weighted by Crippen LogP contribution is -2.64. The molecule has 5 atom stereocenters. The molecule has 0 spiro atoms. The summed E-state index contributed by atoms with van der Waals surface area (Å²) < 4.78 is 15.2. The minimum atomic E-state index is -1.44. The maximum absolute atomic E-state index is 11.2. The largest absolute Gasteiger partial charge is 0.456 e. The quantitative estimate of drug-likeness (QED) is 0.647. The molecular weight excluding hydrogens is 270 g/mol. The molecule has 1 rings (SSSR count). The predicted octanol–water partition coefficient (Wildman–Crippen LogP) is -0.908. The number of aliphatic hydroxyl groups is 1. The molecule has 0 aromatic rings. The first-order chi connectivity index (χ1) is 9.22. The molecule has 0 bridgehead atoms. The summed E-state index contributed by atoms with van der Waals surface area (Å²) >= 11 is 0. The lowest BCUT2D eigenvalue weighted by Gasteiger charge is -2.42. The van der Waals surface area contributed by atoms with Crippen LogP contribution in [0.1, 0.15) is 27.7 Å². The van der Waals surface area contributed by atoms with Crippen molar-refractivity contribution in [2.24, 2.45) is 0 Å². The predicted molar refractivity (Wildman–Crippen MR) is 65.3 cm³/mol. The Bertz CT molecular complexity index is 369. The van der Waals surface area contributed by atoms with Gasteiger partial charge >= 0.3 is 11.9 Å². The van der Waals surface area contributed by atoms with Gasteiger partial charge in [-0.1, -0.05) is 0 Å². The fraction of sp³-hybridized carbons (Fsp3) is 0.750. The van der Waals surface area contributed by atoms with Crippen LogP contribution >= 0.6 is 0 Å². The molecule has 0 radical (unpaired) electrons. The zero-order valence-electron chi connectivity index (χ0n) is 11.8. The van der Waals surface area contributed by atoms with Gasteiger partial charge in [0.15, 0.2) is 18.5 Å². The van der Waals surface area contributed by atoms with Gasteiger partial charge in [-0.05, 0) is 6.92 Å². The number of ether oxygens (including phenoxy) is 3. The van der Waals surface area contributed by atoms with Crippen molar-refractivity contribution in [3.8, 4) is 0 Å². The number of amides is 1. The van der Waals surface area contributed by atoms with Gasteiger partial charge in [-0.25, -0.2) is 0 Å². The van der Waals surface area contributed by atoms with Gasteiger partial charge in [0.2, 0.25) is 5.91 Å². The first-order valence-corrected chi connectivity index (χ1v) is 6.17. The van der Waals surface area contributed by atoms with E-state index in [0.29, 0.717) is 0 Å². The molecule has 8 heteroatoms. The summed E-state index contributed by atoms with van der Waals surface area (Å²) in [6.07, 6.45) is -4.29. The molecule has 0 unspecified atom stereocenters. The Kier molecular flexibility index (Phi) is 5.46. The summed E-state index contributed by atoms with van der Waals surface area (Å²) in [7, 11) is 0. The maximum atomic E-state index is 11.2. The second-order valence-electron chi connectivity index (χ2n) is 4.61. The summed E-state index contributed by atoms with van der Waals surface area (Å²) in [4.78, 5) is 33.5. The van der Waals surface area contributed by atoms with Crippen LogP contribution in [0.15, 0.2) is 0 Å². The van der Waals surface area contributed by atoms with Crippen molar-refractivity contribution < 1.29 is 33.7 Å². The smallest absolute Gasteiger partial charge is 0.303 e. The molecule has 0 aromatic heterocycles. The second-order valence-corrected chi connectivity index (χ2v) is 4.61. The molecule has 2 N–H and O–H groups in total. The van der Waals surface area contributed by atoms with Crippen molar-refractivity contribution in [2.75, 3.05) is 0 Å². The Hall–Kier alpha value is -1.67. The van der Waals surface area contributed by atoms with Crippen molar-refractivity contribution in [1.29, 1.82) is 0 Å². The molecule has 1 aliphatic heterocycles. The third-order valence-corrected chi connectivity index (χ3v) is 2.79. The van der Waals surface area contributed by atoms with Crippen LogP contribution in [-0.4, -0.2) is 53.6 Å². The number of hydrogen-bond donors (Lipinski definition) is 2. The summed E-state index contributed by atoms with van der Waals surface area (Å²) in [5.74, 6) is -1.64. The third kappa shape index (κ3) is 4.17. The van der Waals surface area contributed by atoms with Gasteiger partial charge in [-0.2, -0.15) is 0 Å². The van der Waals surface area contributed by atoms with Crippen LogP contribution in [0.25, 0.3) is 0 Å². The maximum Gasteiger partial charge on any atom is 0.303 e. The van der Waals surface area contributed by atoms with E-state index >= 15 is 0 Å². The summed E-state index contributed by atoms with van der Waals surface area (Å²) in [6, 6.07) is -0.732. The Labute approximate surface area is 116 Å². The Balaban J connectivity index is 3.01. The van der Waals surface area contributed by atoms with Crippen LogP contribution in [-0.2, 0) is 28.6 Å². The first kappa shape index (κ1) is 16.4. The van der Waals surface area contributed by atoms with E-state index in [1.54, 1.807) is 6.92 Å². The Morgan fingerprint density at radius 2 is 1.55 bits per heavy atom. The van der Waals surface area contributed by atoms with E-state index in [0.717, 1.165) is 6.92 Å². The topological polar surface area (TPSA) is 111 Å². The lowest BCUT2D eigenvalue weighted by molar-refractivity contribution is -0.264. The molecular formula is C12H19NO7. The Morgan fingerprint density at radius 1 is 1.05 bits per heavy atom. The minimum absolute atomic E-state index is 0.361. The third-order valence-electron chi connectivity index (χ3n) is 2.79. The van der Waals surface area contributed by atoms with Crippen molar-refractivity contribution in [1.82, 2.24) is 5.32 Å². The molecule has 1 saturated heterocycles. The highest BCUT2D eigenvalue weighted by molar-refractivity contribution is 5.73. The van der Waals surface area contributed by atoms with Crippen molar-refractivity contribution in [2.45, 2.75) is 58.3 Å².